The van der Waals surface area contributed by atoms with Crippen LogP contribution in [0, 0.1) is 0 Å². The summed E-state index contributed by atoms with van der Waals surface area (Å²) in [5.41, 5.74) is 6.92. The van der Waals surface area contributed by atoms with Gasteiger partial charge in [-0.05, 0) is 36.6 Å². The molecule has 2 aromatic rings. The minimum atomic E-state index is 0.296. The van der Waals surface area contributed by atoms with Crippen LogP contribution in [0.3, 0.4) is 0 Å². The van der Waals surface area contributed by atoms with Crippen LogP contribution in [-0.2, 0) is 6.42 Å². The van der Waals surface area contributed by atoms with Crippen LogP contribution in [0.5, 0.6) is 11.5 Å². The Morgan fingerprint density at radius 2 is 1.71 bits per heavy atom. The number of fused-ring (bicyclic) bond motifs is 1. The van der Waals surface area contributed by atoms with E-state index in [1.54, 1.807) is 0 Å². The molecule has 0 fully saturated rings. The first-order chi connectivity index (χ1) is 10.3. The highest BCUT2D eigenvalue weighted by Gasteiger charge is 2.16. The summed E-state index contributed by atoms with van der Waals surface area (Å²) in [7, 11) is 0. The second kappa shape index (κ2) is 6.64. The number of quaternary nitrogens is 1. The Kier molecular flexibility index (Phi) is 4.41. The molecule has 1 aliphatic heterocycles. The summed E-state index contributed by atoms with van der Waals surface area (Å²) in [6.07, 6.45) is 3.33. The third-order valence-electron chi connectivity index (χ3n) is 3.90. The number of aryl methyl sites for hydroxylation is 1. The van der Waals surface area contributed by atoms with Crippen molar-refractivity contribution in [2.75, 3.05) is 13.2 Å². The van der Waals surface area contributed by atoms with Gasteiger partial charge in [-0.3, -0.25) is 0 Å². The van der Waals surface area contributed by atoms with Gasteiger partial charge in [0, 0.05) is 12.0 Å². The van der Waals surface area contributed by atoms with E-state index in [0.29, 0.717) is 19.3 Å². The zero-order valence-electron chi connectivity index (χ0n) is 12.3. The number of hydrogen-bond donors (Lipinski definition) is 1. The molecule has 3 heteroatoms. The first-order valence-electron chi connectivity index (χ1n) is 7.59. The fourth-order valence-corrected chi connectivity index (χ4v) is 2.68. The molecule has 0 amide bonds. The standard InChI is InChI=1S/C18H21NO2/c19-16(8-4-7-14-5-2-1-3-6-14)15-9-10-17-18(13-15)21-12-11-20-17/h1-3,5-6,9-10,13,16H,4,7-8,11-12,19H2/p+1/t16-/m0/s1. The monoisotopic (exact) mass is 284 g/mol. The van der Waals surface area contributed by atoms with Crippen molar-refractivity contribution in [3.05, 3.63) is 59.7 Å². The average Bonchev–Trinajstić information content (AvgIpc) is 2.55. The third-order valence-corrected chi connectivity index (χ3v) is 3.90. The van der Waals surface area contributed by atoms with Crippen molar-refractivity contribution in [2.45, 2.75) is 25.3 Å². The third kappa shape index (κ3) is 3.56. The summed E-state index contributed by atoms with van der Waals surface area (Å²) in [6, 6.07) is 17.1. The van der Waals surface area contributed by atoms with E-state index in [9.17, 15) is 0 Å². The molecule has 0 saturated heterocycles. The van der Waals surface area contributed by atoms with Gasteiger partial charge < -0.3 is 15.2 Å². The molecule has 1 atom stereocenters. The predicted octanol–water partition coefficient (Wildman–Crippen LogP) is 2.76. The maximum Gasteiger partial charge on any atom is 0.161 e. The molecule has 1 aliphatic rings. The maximum absolute atomic E-state index is 5.64. The first-order valence-corrected chi connectivity index (χ1v) is 7.59. The van der Waals surface area contributed by atoms with Gasteiger partial charge in [0.1, 0.15) is 19.3 Å². The molecule has 21 heavy (non-hydrogen) atoms. The minimum Gasteiger partial charge on any atom is -0.486 e. The quantitative estimate of drug-likeness (QED) is 0.917. The number of rotatable bonds is 5. The highest BCUT2D eigenvalue weighted by molar-refractivity contribution is 5.44. The van der Waals surface area contributed by atoms with Crippen molar-refractivity contribution < 1.29 is 15.2 Å². The second-order valence-electron chi connectivity index (χ2n) is 5.48. The number of hydrogen-bond acceptors (Lipinski definition) is 2. The molecule has 2 aromatic carbocycles. The summed E-state index contributed by atoms with van der Waals surface area (Å²) < 4.78 is 11.2. The van der Waals surface area contributed by atoms with E-state index in [1.807, 2.05) is 6.07 Å². The van der Waals surface area contributed by atoms with E-state index < -0.39 is 0 Å². The van der Waals surface area contributed by atoms with E-state index in [0.717, 1.165) is 30.8 Å². The SMILES string of the molecule is [NH3+][C@@H](CCCc1ccccc1)c1ccc2c(c1)OCCO2. The molecule has 1 heterocycles. The van der Waals surface area contributed by atoms with E-state index in [4.69, 9.17) is 9.47 Å². The molecule has 0 saturated carbocycles. The van der Waals surface area contributed by atoms with Gasteiger partial charge in [-0.1, -0.05) is 30.3 Å². The molecule has 0 unspecified atom stereocenters. The lowest BCUT2D eigenvalue weighted by Gasteiger charge is -2.19. The lowest BCUT2D eigenvalue weighted by Crippen LogP contribution is -2.53. The Bertz CT molecular complexity index is 583. The molecule has 0 radical (unpaired) electrons. The Balaban J connectivity index is 1.56. The van der Waals surface area contributed by atoms with Crippen LogP contribution in [0.1, 0.15) is 30.0 Å². The van der Waals surface area contributed by atoms with Crippen molar-refractivity contribution in [1.29, 1.82) is 0 Å². The van der Waals surface area contributed by atoms with Gasteiger partial charge in [0.2, 0.25) is 0 Å². The van der Waals surface area contributed by atoms with Crippen LogP contribution in [0.25, 0.3) is 0 Å². The van der Waals surface area contributed by atoms with E-state index in [2.05, 4.69) is 48.2 Å². The van der Waals surface area contributed by atoms with Crippen molar-refractivity contribution >= 4 is 0 Å². The zero-order chi connectivity index (χ0) is 14.5. The normalized spacial score (nSPS) is 14.7. The lowest BCUT2D eigenvalue weighted by molar-refractivity contribution is -0.428. The summed E-state index contributed by atoms with van der Waals surface area (Å²) in [4.78, 5) is 0. The van der Waals surface area contributed by atoms with Crippen LogP contribution in [0.4, 0.5) is 0 Å². The van der Waals surface area contributed by atoms with E-state index >= 15 is 0 Å². The summed E-state index contributed by atoms with van der Waals surface area (Å²) in [5, 5.41) is 0. The summed E-state index contributed by atoms with van der Waals surface area (Å²) >= 11 is 0. The molecule has 0 aromatic heterocycles. The maximum atomic E-state index is 5.64. The Labute approximate surface area is 125 Å². The molecule has 0 bridgehead atoms. The average molecular weight is 284 g/mol. The smallest absolute Gasteiger partial charge is 0.161 e. The predicted molar refractivity (Wildman–Crippen MR) is 82.4 cm³/mol. The molecular weight excluding hydrogens is 262 g/mol. The van der Waals surface area contributed by atoms with Crippen LogP contribution in [0.15, 0.2) is 48.5 Å². The molecule has 3 N–H and O–H groups in total. The van der Waals surface area contributed by atoms with Gasteiger partial charge in [-0.25, -0.2) is 0 Å². The largest absolute Gasteiger partial charge is 0.486 e. The van der Waals surface area contributed by atoms with Crippen molar-refractivity contribution in [3.63, 3.8) is 0 Å². The van der Waals surface area contributed by atoms with Gasteiger partial charge in [-0.15, -0.1) is 0 Å². The lowest BCUT2D eigenvalue weighted by atomic mass is 9.99. The summed E-state index contributed by atoms with van der Waals surface area (Å²) in [6.45, 7) is 1.27. The van der Waals surface area contributed by atoms with Crippen LogP contribution in [-0.4, -0.2) is 13.2 Å². The van der Waals surface area contributed by atoms with Crippen molar-refractivity contribution in [3.8, 4) is 11.5 Å². The molecule has 3 rings (SSSR count). The zero-order valence-corrected chi connectivity index (χ0v) is 12.3. The second-order valence-corrected chi connectivity index (χ2v) is 5.48. The van der Waals surface area contributed by atoms with E-state index in [1.165, 1.54) is 11.1 Å². The molecule has 110 valence electrons. The number of ether oxygens (including phenoxy) is 2. The summed E-state index contributed by atoms with van der Waals surface area (Å²) in [5.74, 6) is 1.71. The Morgan fingerprint density at radius 1 is 0.952 bits per heavy atom. The molecular formula is C18H22NO2+. The Morgan fingerprint density at radius 3 is 2.52 bits per heavy atom. The highest BCUT2D eigenvalue weighted by Crippen LogP contribution is 2.32. The van der Waals surface area contributed by atoms with Gasteiger partial charge in [0.15, 0.2) is 11.5 Å². The van der Waals surface area contributed by atoms with Gasteiger partial charge >= 0.3 is 0 Å². The van der Waals surface area contributed by atoms with Gasteiger partial charge in [0.25, 0.3) is 0 Å². The number of benzene rings is 2. The molecule has 0 aliphatic carbocycles. The topological polar surface area (TPSA) is 46.1 Å². The first kappa shape index (κ1) is 14.0. The van der Waals surface area contributed by atoms with Crippen molar-refractivity contribution in [1.82, 2.24) is 0 Å². The highest BCUT2D eigenvalue weighted by atomic mass is 16.6. The molecule has 3 nitrogen and oxygen atoms in total. The fraction of sp³-hybridized carbons (Fsp3) is 0.333. The Hall–Kier alpha value is -2.00. The fourth-order valence-electron chi connectivity index (χ4n) is 2.68. The molecule has 0 spiro atoms. The van der Waals surface area contributed by atoms with Gasteiger partial charge in [-0.2, -0.15) is 0 Å². The van der Waals surface area contributed by atoms with Crippen LogP contribution in [0.2, 0.25) is 0 Å². The van der Waals surface area contributed by atoms with E-state index in [-0.39, 0.29) is 0 Å². The van der Waals surface area contributed by atoms with Crippen LogP contribution >= 0.6 is 0 Å². The van der Waals surface area contributed by atoms with Gasteiger partial charge in [0.05, 0.1) is 0 Å². The van der Waals surface area contributed by atoms with Crippen LogP contribution < -0.4 is 15.2 Å². The van der Waals surface area contributed by atoms with Crippen molar-refractivity contribution in [2.24, 2.45) is 0 Å². The minimum absolute atomic E-state index is 0.296.